The minimum atomic E-state index is -4.27. The lowest BCUT2D eigenvalue weighted by Gasteiger charge is -2.30. The number of carbonyl (C=O) groups excluding carboxylic acids is 1. The molecule has 0 N–H and O–H groups in total. The normalized spacial score (nSPS) is 24.1. The van der Waals surface area contributed by atoms with Crippen LogP contribution < -0.4 is 4.74 Å². The topological polar surface area (TPSA) is 43.6 Å². The number of fused-ring (bicyclic) bond motifs is 13. The zero-order valence-corrected chi connectivity index (χ0v) is 40.7. The lowest BCUT2D eigenvalue weighted by atomic mass is 9.79. The number of rotatable bonds is 6. The Kier molecular flexibility index (Phi) is 9.40. The average Bonchev–Trinajstić information content (AvgIpc) is 4.13. The highest BCUT2D eigenvalue weighted by molar-refractivity contribution is 6.65. The van der Waals surface area contributed by atoms with Crippen LogP contribution in [0.3, 0.4) is 0 Å². The number of carbonyl (C=O) groups is 1. The first-order valence-electron chi connectivity index (χ1n) is 25.1. The molecule has 4 nitrogen and oxygen atoms in total. The summed E-state index contributed by atoms with van der Waals surface area (Å²) in [5.41, 5.74) is 13.2. The summed E-state index contributed by atoms with van der Waals surface area (Å²) in [6.45, 7) is 15.4. The predicted molar refractivity (Wildman–Crippen MR) is 275 cm³/mol. The van der Waals surface area contributed by atoms with Crippen molar-refractivity contribution in [3.8, 4) is 5.75 Å². The second-order valence-electron chi connectivity index (χ2n) is 23.2. The molecule has 6 aromatic carbocycles. The van der Waals surface area contributed by atoms with Crippen molar-refractivity contribution in [2.45, 2.75) is 143 Å². The average molecular weight is 892 g/mol. The van der Waals surface area contributed by atoms with Gasteiger partial charge in [0.25, 0.3) is 0 Å². The van der Waals surface area contributed by atoms with E-state index in [0.717, 1.165) is 78.4 Å². The first kappa shape index (κ1) is 42.8. The third-order valence-corrected chi connectivity index (χ3v) is 17.1. The minimum absolute atomic E-state index is 0.00103. The quantitative estimate of drug-likeness (QED) is 0.0549. The number of allylic oxidation sites excluding steroid dienone is 3. The Morgan fingerprint density at radius 2 is 1.30 bits per heavy atom. The van der Waals surface area contributed by atoms with E-state index in [1.807, 2.05) is 38.1 Å². The third-order valence-electron chi connectivity index (χ3n) is 17.1. The van der Waals surface area contributed by atoms with Crippen LogP contribution in [-0.2, 0) is 22.0 Å². The monoisotopic (exact) mass is 891 g/mol. The van der Waals surface area contributed by atoms with Gasteiger partial charge in [-0.15, -0.1) is 0 Å². The molecule has 4 bridgehead atoms. The summed E-state index contributed by atoms with van der Waals surface area (Å²) in [4.78, 5) is 18.0. The van der Waals surface area contributed by atoms with E-state index in [4.69, 9.17) is 4.74 Å². The fourth-order valence-electron chi connectivity index (χ4n) is 14.0. The van der Waals surface area contributed by atoms with Gasteiger partial charge in [0.1, 0.15) is 5.75 Å². The van der Waals surface area contributed by atoms with Gasteiger partial charge >= 0.3 is 12.9 Å². The van der Waals surface area contributed by atoms with Gasteiger partial charge < -0.3 is 22.7 Å². The first-order valence-corrected chi connectivity index (χ1v) is 25.1. The van der Waals surface area contributed by atoms with Crippen molar-refractivity contribution in [2.24, 2.45) is 16.7 Å². The fourth-order valence-corrected chi connectivity index (χ4v) is 14.0. The number of nitrogens with zero attached hydrogens (tertiary/aromatic N) is 2. The van der Waals surface area contributed by atoms with Crippen molar-refractivity contribution in [3.05, 3.63) is 140 Å². The number of ether oxygens (including phenoxy) is 1. The highest BCUT2D eigenvalue weighted by Gasteiger charge is 2.48. The van der Waals surface area contributed by atoms with Crippen molar-refractivity contribution < 1.29 is 18.2 Å². The van der Waals surface area contributed by atoms with Gasteiger partial charge in [-0.2, -0.15) is 0 Å². The molecular formula is C60H62BF2N2O2-. The summed E-state index contributed by atoms with van der Waals surface area (Å²) < 4.78 is 41.3. The van der Waals surface area contributed by atoms with E-state index in [1.165, 1.54) is 69.8 Å². The maximum atomic E-state index is 17.0. The standard InChI is InChI=1S/C60H62BF2N2O2/c1-32-51-37-16-17-38(26-37)53(51)33(2)64-61(62,63)65-34(3)54-39-18-19-40(27-39)56(54)58(65)52(32)36-20-23-44(24-21-36)67-50(66)15-10-12-35-22-25-47-49-31-43(60(7,8)9)29-41-28-42(59(4,5)6)30-48(55(41)49)46-14-11-13-45(35)57(46)47/h11,13-14,20-25,28-31,37-40H,10,12,15-19,26-27H2,1-9H3/q-1/b52-32+,64-33+. The molecule has 0 saturated heterocycles. The highest BCUT2D eigenvalue weighted by Crippen LogP contribution is 2.60. The molecular weight excluding hydrogens is 829 g/mol. The van der Waals surface area contributed by atoms with E-state index < -0.39 is 6.97 Å². The van der Waals surface area contributed by atoms with Crippen LogP contribution in [0, 0.1) is 18.8 Å². The second-order valence-corrected chi connectivity index (χ2v) is 23.2. The Labute approximate surface area is 394 Å². The fraction of sp³-hybridized carbons (Fsp3) is 0.400. The van der Waals surface area contributed by atoms with E-state index in [0.29, 0.717) is 41.1 Å². The van der Waals surface area contributed by atoms with Gasteiger partial charge in [0.15, 0.2) is 0 Å². The summed E-state index contributed by atoms with van der Waals surface area (Å²) in [5.74, 6) is 1.46. The van der Waals surface area contributed by atoms with E-state index in [1.54, 1.807) is 0 Å². The third kappa shape index (κ3) is 6.48. The van der Waals surface area contributed by atoms with Crippen LogP contribution in [0.15, 0.2) is 100 Å². The molecule has 0 radical (unpaired) electrons. The molecule has 4 atom stereocenters. The molecule has 342 valence electrons. The molecule has 0 amide bonds. The highest BCUT2D eigenvalue weighted by atomic mass is 19.2. The molecule has 1 aliphatic heterocycles. The lowest BCUT2D eigenvalue weighted by Crippen LogP contribution is -2.36. The van der Waals surface area contributed by atoms with Crippen molar-refractivity contribution in [1.29, 1.82) is 0 Å². The van der Waals surface area contributed by atoms with Crippen LogP contribution in [0.5, 0.6) is 5.75 Å². The van der Waals surface area contributed by atoms with E-state index in [9.17, 15) is 4.79 Å². The number of esters is 1. The molecule has 1 aromatic heterocycles. The van der Waals surface area contributed by atoms with Crippen LogP contribution in [0.1, 0.15) is 163 Å². The molecule has 7 aromatic rings. The largest absolute Gasteiger partial charge is 0.544 e. The van der Waals surface area contributed by atoms with Crippen LogP contribution in [0.25, 0.3) is 48.7 Å². The molecule has 2 heterocycles. The number of hydrogen-bond donors (Lipinski definition) is 0. The molecule has 7 heteroatoms. The van der Waals surface area contributed by atoms with Gasteiger partial charge in [-0.25, -0.2) is 0 Å². The Bertz CT molecular complexity index is 3300. The smallest absolute Gasteiger partial charge is 0.443 e. The van der Waals surface area contributed by atoms with Crippen LogP contribution in [0.2, 0.25) is 0 Å². The zero-order chi connectivity index (χ0) is 46.6. The van der Waals surface area contributed by atoms with Crippen LogP contribution >= 0.6 is 0 Å². The van der Waals surface area contributed by atoms with Crippen molar-refractivity contribution in [1.82, 2.24) is 4.48 Å². The summed E-state index contributed by atoms with van der Waals surface area (Å²) >= 11 is 0. The first-order chi connectivity index (χ1) is 31.9. The number of benzene rings is 6. The summed E-state index contributed by atoms with van der Waals surface area (Å²) in [5, 5.41) is 10.3. The Hall–Kier alpha value is -5.56. The van der Waals surface area contributed by atoms with E-state index in [-0.39, 0.29) is 35.1 Å². The van der Waals surface area contributed by atoms with Crippen molar-refractivity contribution in [3.63, 3.8) is 0 Å². The Balaban J connectivity index is 0.850. The number of aryl methyl sites for hydroxylation is 1. The maximum absolute atomic E-state index is 17.0. The summed E-state index contributed by atoms with van der Waals surface area (Å²) in [6, 6.07) is 28.6. The second kappa shape index (κ2) is 14.7. The molecule has 2 saturated carbocycles. The SMILES string of the molecule is C/C1=N\[B-](F)(F)n2c(C)c3c(c2/C(c2ccc(OC(=O)CCCc4ccc5c6cc(C(C)(C)C)cc7cc(C(C)(C)C)cc(c8cccc4c85)c76)cc2)=C(\C)C2=C1C1CCC2C1)C1CCC3C1. The summed E-state index contributed by atoms with van der Waals surface area (Å²) in [6.07, 6.45) is 7.96. The Morgan fingerprint density at radius 1 is 0.701 bits per heavy atom. The van der Waals surface area contributed by atoms with Gasteiger partial charge in [0.2, 0.25) is 0 Å². The summed E-state index contributed by atoms with van der Waals surface area (Å²) in [7, 11) is 0. The van der Waals surface area contributed by atoms with Gasteiger partial charge in [-0.05, 0) is 236 Å². The van der Waals surface area contributed by atoms with E-state index >= 15 is 8.63 Å². The van der Waals surface area contributed by atoms with Gasteiger partial charge in [0.05, 0.1) is 0 Å². The number of aromatic nitrogens is 1. The number of hydrogen-bond acceptors (Lipinski definition) is 3. The molecule has 12 rings (SSSR count). The van der Waals surface area contributed by atoms with Gasteiger partial charge in [0, 0.05) is 17.7 Å². The minimum Gasteiger partial charge on any atom is -0.443 e. The van der Waals surface area contributed by atoms with Gasteiger partial charge in [-0.1, -0.05) is 96.1 Å². The van der Waals surface area contributed by atoms with Crippen molar-refractivity contribution in [2.75, 3.05) is 0 Å². The molecule has 4 unspecified atom stereocenters. The van der Waals surface area contributed by atoms with Crippen molar-refractivity contribution >= 4 is 67.3 Å². The maximum Gasteiger partial charge on any atom is 0.544 e. The molecule has 5 aliphatic rings. The van der Waals surface area contributed by atoms with Gasteiger partial charge in [-0.3, -0.25) is 4.79 Å². The Morgan fingerprint density at radius 3 is 1.97 bits per heavy atom. The molecule has 0 spiro atoms. The predicted octanol–water partition coefficient (Wildman–Crippen LogP) is 16.0. The molecule has 4 aliphatic carbocycles. The number of halogens is 2. The lowest BCUT2D eigenvalue weighted by molar-refractivity contribution is -0.134. The molecule has 67 heavy (non-hydrogen) atoms. The zero-order valence-electron chi connectivity index (χ0n) is 40.7. The molecule has 2 fully saturated rings. The van der Waals surface area contributed by atoms with E-state index in [2.05, 4.69) is 108 Å². The van der Waals surface area contributed by atoms with Crippen LogP contribution in [-0.4, -0.2) is 23.1 Å². The van der Waals surface area contributed by atoms with Crippen LogP contribution in [0.4, 0.5) is 8.63 Å².